The fourth-order valence-electron chi connectivity index (χ4n) is 2.12. The monoisotopic (exact) mass is 257 g/mol. The van der Waals surface area contributed by atoms with Crippen LogP contribution < -0.4 is 0 Å². The van der Waals surface area contributed by atoms with E-state index in [-0.39, 0.29) is 5.41 Å². The quantitative estimate of drug-likeness (QED) is 0.733. The largest absolute Gasteiger partial charge is 0.465 e. The van der Waals surface area contributed by atoms with Gasteiger partial charge in [0.2, 0.25) is 0 Å². The number of likely N-dealkylation sites (tertiary alicyclic amines) is 1. The molecule has 18 heavy (non-hydrogen) atoms. The highest BCUT2D eigenvalue weighted by molar-refractivity contribution is 5.81. The van der Waals surface area contributed by atoms with Gasteiger partial charge in [-0.2, -0.15) is 0 Å². The van der Waals surface area contributed by atoms with Crippen LogP contribution in [-0.2, 0) is 9.53 Å². The third-order valence-corrected chi connectivity index (χ3v) is 3.08. The van der Waals surface area contributed by atoms with Crippen molar-refractivity contribution in [2.45, 2.75) is 59.1 Å². The number of nitrogens with zero attached hydrogens (tertiary/aromatic N) is 1. The van der Waals surface area contributed by atoms with E-state index in [0.717, 1.165) is 6.42 Å². The zero-order valence-electron chi connectivity index (χ0n) is 11.8. The standard InChI is InChI=1S/C13H23NO4/c1-12(2,3)18-10(15)9-8-13(4,5)6-7-14(9)11(16)17/h9H,6-8H2,1-5H3,(H,16,17). The molecular weight excluding hydrogens is 234 g/mol. The van der Waals surface area contributed by atoms with Crippen LogP contribution in [0.4, 0.5) is 4.79 Å². The number of amides is 1. The van der Waals surface area contributed by atoms with E-state index < -0.39 is 23.7 Å². The van der Waals surface area contributed by atoms with Gasteiger partial charge in [-0.3, -0.25) is 4.90 Å². The number of carbonyl (C=O) groups is 2. The van der Waals surface area contributed by atoms with Gasteiger partial charge in [0.05, 0.1) is 0 Å². The second-order valence-electron chi connectivity index (χ2n) is 6.64. The molecule has 1 aliphatic heterocycles. The molecule has 1 heterocycles. The van der Waals surface area contributed by atoms with E-state index in [2.05, 4.69) is 0 Å². The first-order chi connectivity index (χ1) is 8.02. The predicted molar refractivity (Wildman–Crippen MR) is 67.4 cm³/mol. The lowest BCUT2D eigenvalue weighted by Crippen LogP contribution is -2.53. The molecule has 1 rings (SSSR count). The van der Waals surface area contributed by atoms with E-state index >= 15 is 0 Å². The van der Waals surface area contributed by atoms with E-state index in [1.165, 1.54) is 4.90 Å². The van der Waals surface area contributed by atoms with Crippen molar-refractivity contribution in [3.63, 3.8) is 0 Å². The van der Waals surface area contributed by atoms with Crippen molar-refractivity contribution in [1.29, 1.82) is 0 Å². The number of esters is 1. The first-order valence-corrected chi connectivity index (χ1v) is 6.24. The van der Waals surface area contributed by atoms with Crippen LogP contribution in [0.2, 0.25) is 0 Å². The molecule has 0 aliphatic carbocycles. The highest BCUT2D eigenvalue weighted by Gasteiger charge is 2.41. The molecule has 5 nitrogen and oxygen atoms in total. The Morgan fingerprint density at radius 3 is 2.33 bits per heavy atom. The van der Waals surface area contributed by atoms with Crippen LogP contribution in [0.3, 0.4) is 0 Å². The third-order valence-electron chi connectivity index (χ3n) is 3.08. The fraction of sp³-hybridized carbons (Fsp3) is 0.846. The molecule has 1 aliphatic rings. The van der Waals surface area contributed by atoms with Crippen LogP contribution in [0.25, 0.3) is 0 Å². The molecule has 0 aromatic heterocycles. The lowest BCUT2D eigenvalue weighted by Gasteiger charge is -2.41. The van der Waals surface area contributed by atoms with Crippen LogP contribution in [0, 0.1) is 5.41 Å². The summed E-state index contributed by atoms with van der Waals surface area (Å²) in [7, 11) is 0. The summed E-state index contributed by atoms with van der Waals surface area (Å²) in [5, 5.41) is 9.14. The lowest BCUT2D eigenvalue weighted by molar-refractivity contribution is -0.163. The van der Waals surface area contributed by atoms with Crippen molar-refractivity contribution in [3.8, 4) is 0 Å². The third kappa shape index (κ3) is 3.89. The second-order valence-corrected chi connectivity index (χ2v) is 6.64. The summed E-state index contributed by atoms with van der Waals surface area (Å²) in [6, 6.07) is -0.689. The number of piperidine rings is 1. The number of hydrogen-bond acceptors (Lipinski definition) is 3. The van der Waals surface area contributed by atoms with Gasteiger partial charge in [-0.1, -0.05) is 13.8 Å². The first kappa shape index (κ1) is 14.8. The summed E-state index contributed by atoms with van der Waals surface area (Å²) in [5.41, 5.74) is -0.629. The summed E-state index contributed by atoms with van der Waals surface area (Å²) in [6.45, 7) is 9.82. The number of hydrogen-bond donors (Lipinski definition) is 1. The molecule has 0 spiro atoms. The Labute approximate surface area is 108 Å². The van der Waals surface area contributed by atoms with Crippen LogP contribution in [-0.4, -0.2) is 40.3 Å². The van der Waals surface area contributed by atoms with Crippen molar-refractivity contribution in [2.24, 2.45) is 5.41 Å². The number of rotatable bonds is 1. The molecule has 5 heteroatoms. The maximum atomic E-state index is 12.1. The molecule has 1 saturated heterocycles. The molecule has 1 unspecified atom stereocenters. The molecule has 1 fully saturated rings. The van der Waals surface area contributed by atoms with Crippen molar-refractivity contribution >= 4 is 12.1 Å². The maximum Gasteiger partial charge on any atom is 0.408 e. The molecular formula is C13H23NO4. The lowest BCUT2D eigenvalue weighted by atomic mass is 9.79. The Hall–Kier alpha value is -1.26. The van der Waals surface area contributed by atoms with Gasteiger partial charge in [-0.15, -0.1) is 0 Å². The SMILES string of the molecule is CC1(C)CCN(C(=O)O)C(C(=O)OC(C)(C)C)C1. The Morgan fingerprint density at radius 2 is 1.89 bits per heavy atom. The Kier molecular flexibility index (Phi) is 3.93. The van der Waals surface area contributed by atoms with E-state index in [1.807, 2.05) is 13.8 Å². The summed E-state index contributed by atoms with van der Waals surface area (Å²) in [5.74, 6) is -0.447. The van der Waals surface area contributed by atoms with Crippen LogP contribution in [0.15, 0.2) is 0 Å². The fourth-order valence-corrected chi connectivity index (χ4v) is 2.12. The van der Waals surface area contributed by atoms with Crippen molar-refractivity contribution in [3.05, 3.63) is 0 Å². The smallest absolute Gasteiger partial charge is 0.408 e. The molecule has 0 saturated carbocycles. The minimum atomic E-state index is -1.05. The van der Waals surface area contributed by atoms with E-state index in [4.69, 9.17) is 9.84 Å². The maximum absolute atomic E-state index is 12.1. The van der Waals surface area contributed by atoms with Gasteiger partial charge < -0.3 is 9.84 Å². The minimum absolute atomic E-state index is 0.0342. The predicted octanol–water partition coefficient (Wildman–Crippen LogP) is 2.50. The average Bonchev–Trinajstić information content (AvgIpc) is 2.12. The van der Waals surface area contributed by atoms with E-state index in [0.29, 0.717) is 13.0 Å². The zero-order valence-corrected chi connectivity index (χ0v) is 11.8. The Bertz CT molecular complexity index is 343. The number of ether oxygens (including phenoxy) is 1. The van der Waals surface area contributed by atoms with Crippen LogP contribution >= 0.6 is 0 Å². The van der Waals surface area contributed by atoms with E-state index in [1.54, 1.807) is 20.8 Å². The van der Waals surface area contributed by atoms with Gasteiger partial charge in [0.15, 0.2) is 0 Å². The second kappa shape index (κ2) is 4.78. The minimum Gasteiger partial charge on any atom is -0.465 e. The Morgan fingerprint density at radius 1 is 1.33 bits per heavy atom. The van der Waals surface area contributed by atoms with Gasteiger partial charge in [0.25, 0.3) is 0 Å². The first-order valence-electron chi connectivity index (χ1n) is 6.24. The molecule has 0 bridgehead atoms. The van der Waals surface area contributed by atoms with Crippen LogP contribution in [0.1, 0.15) is 47.5 Å². The zero-order chi connectivity index (χ0) is 14.1. The molecule has 0 aromatic rings. The molecule has 0 aromatic carbocycles. The van der Waals surface area contributed by atoms with E-state index in [9.17, 15) is 9.59 Å². The summed E-state index contributed by atoms with van der Waals surface area (Å²) >= 11 is 0. The van der Waals surface area contributed by atoms with Gasteiger partial charge >= 0.3 is 12.1 Å². The summed E-state index contributed by atoms with van der Waals surface area (Å²) in [6.07, 6.45) is 0.216. The number of carbonyl (C=O) groups excluding carboxylic acids is 1. The Balaban J connectivity index is 2.85. The summed E-state index contributed by atoms with van der Waals surface area (Å²) in [4.78, 5) is 24.4. The van der Waals surface area contributed by atoms with Gasteiger partial charge in [0.1, 0.15) is 11.6 Å². The highest BCUT2D eigenvalue weighted by Crippen LogP contribution is 2.34. The molecule has 104 valence electrons. The molecule has 1 amide bonds. The molecule has 1 atom stereocenters. The van der Waals surface area contributed by atoms with Gasteiger partial charge in [0, 0.05) is 6.54 Å². The average molecular weight is 257 g/mol. The van der Waals surface area contributed by atoms with Gasteiger partial charge in [-0.25, -0.2) is 9.59 Å². The number of carboxylic acid groups (broad SMARTS) is 1. The summed E-state index contributed by atoms with van der Waals surface area (Å²) < 4.78 is 5.31. The van der Waals surface area contributed by atoms with Crippen LogP contribution in [0.5, 0.6) is 0 Å². The highest BCUT2D eigenvalue weighted by atomic mass is 16.6. The van der Waals surface area contributed by atoms with Gasteiger partial charge in [-0.05, 0) is 39.0 Å². The van der Waals surface area contributed by atoms with Crippen molar-refractivity contribution in [1.82, 2.24) is 4.90 Å². The normalized spacial score (nSPS) is 23.6. The molecule has 1 N–H and O–H groups in total. The van der Waals surface area contributed by atoms with Crippen molar-refractivity contribution < 1.29 is 19.4 Å². The topological polar surface area (TPSA) is 66.8 Å². The van der Waals surface area contributed by atoms with Crippen molar-refractivity contribution in [2.75, 3.05) is 6.54 Å². The molecule has 0 radical (unpaired) electrons.